The zero-order valence-corrected chi connectivity index (χ0v) is 15.7. The average molecular weight is 361 g/mol. The van der Waals surface area contributed by atoms with Gasteiger partial charge >= 0.3 is 6.09 Å². The first-order valence-corrected chi connectivity index (χ1v) is 9.67. The maximum Gasteiger partial charge on any atom is 0.409 e. The molecule has 1 unspecified atom stereocenters. The molecule has 0 spiro atoms. The van der Waals surface area contributed by atoms with Crippen LogP contribution in [-0.4, -0.2) is 75.5 Å². The maximum absolute atomic E-state index is 12.5. The van der Waals surface area contributed by atoms with Gasteiger partial charge in [0.1, 0.15) is 0 Å². The van der Waals surface area contributed by atoms with Crippen molar-refractivity contribution in [3.05, 3.63) is 35.9 Å². The lowest BCUT2D eigenvalue weighted by molar-refractivity contribution is 0.0579. The van der Waals surface area contributed by atoms with Crippen molar-refractivity contribution in [2.45, 2.75) is 18.9 Å². The predicted molar refractivity (Wildman–Crippen MR) is 101 cm³/mol. The van der Waals surface area contributed by atoms with Crippen molar-refractivity contribution >= 4 is 6.09 Å². The van der Waals surface area contributed by atoms with Crippen LogP contribution in [0.25, 0.3) is 0 Å². The molecule has 1 aromatic rings. The van der Waals surface area contributed by atoms with Gasteiger partial charge in [-0.15, -0.1) is 0 Å². The minimum Gasteiger partial charge on any atom is -0.449 e. The van der Waals surface area contributed by atoms with E-state index < -0.39 is 0 Å². The molecule has 6 heteroatoms. The third-order valence-corrected chi connectivity index (χ3v) is 5.40. The summed E-state index contributed by atoms with van der Waals surface area (Å²) in [6.45, 7) is 6.61. The number of ether oxygens (including phenoxy) is 2. The number of hydrogen-bond donors (Lipinski definition) is 1. The van der Waals surface area contributed by atoms with Gasteiger partial charge in [-0.3, -0.25) is 0 Å². The molecule has 26 heavy (non-hydrogen) atoms. The van der Waals surface area contributed by atoms with E-state index in [1.165, 1.54) is 5.56 Å². The SMILES string of the molecule is COCCN1CCC(COC(=O)N2CCNC(c3ccccc3)C2)CC1. The largest absolute Gasteiger partial charge is 0.449 e. The first kappa shape index (κ1) is 19.1. The van der Waals surface area contributed by atoms with Gasteiger partial charge in [0.2, 0.25) is 0 Å². The Hall–Kier alpha value is -1.63. The van der Waals surface area contributed by atoms with Crippen LogP contribution < -0.4 is 5.32 Å². The zero-order valence-electron chi connectivity index (χ0n) is 15.7. The fourth-order valence-electron chi connectivity index (χ4n) is 3.70. The van der Waals surface area contributed by atoms with Crippen LogP contribution in [0.2, 0.25) is 0 Å². The Bertz CT molecular complexity index is 546. The van der Waals surface area contributed by atoms with Crippen molar-refractivity contribution in [3.8, 4) is 0 Å². The van der Waals surface area contributed by atoms with Gasteiger partial charge in [-0.05, 0) is 37.4 Å². The number of likely N-dealkylation sites (tertiary alicyclic amines) is 1. The molecular weight excluding hydrogens is 330 g/mol. The fourth-order valence-corrected chi connectivity index (χ4v) is 3.70. The van der Waals surface area contributed by atoms with E-state index in [1.807, 2.05) is 23.1 Å². The molecule has 0 bridgehead atoms. The first-order valence-electron chi connectivity index (χ1n) is 9.67. The summed E-state index contributed by atoms with van der Waals surface area (Å²) in [7, 11) is 1.74. The molecule has 1 amide bonds. The van der Waals surface area contributed by atoms with Gasteiger partial charge in [-0.1, -0.05) is 30.3 Å². The van der Waals surface area contributed by atoms with E-state index in [4.69, 9.17) is 9.47 Å². The van der Waals surface area contributed by atoms with Crippen molar-refractivity contribution < 1.29 is 14.3 Å². The molecule has 0 aromatic heterocycles. The molecule has 0 saturated carbocycles. The van der Waals surface area contributed by atoms with E-state index in [-0.39, 0.29) is 12.1 Å². The second-order valence-corrected chi connectivity index (χ2v) is 7.22. The number of nitrogens with zero attached hydrogens (tertiary/aromatic N) is 2. The number of hydrogen-bond acceptors (Lipinski definition) is 5. The lowest BCUT2D eigenvalue weighted by Crippen LogP contribution is -2.48. The quantitative estimate of drug-likeness (QED) is 0.841. The summed E-state index contributed by atoms with van der Waals surface area (Å²) in [6.07, 6.45) is 2.00. The van der Waals surface area contributed by atoms with Gasteiger partial charge in [0.05, 0.1) is 19.3 Å². The normalized spacial score (nSPS) is 22.3. The molecule has 144 valence electrons. The molecule has 2 heterocycles. The first-order chi connectivity index (χ1) is 12.8. The Morgan fingerprint density at radius 2 is 1.96 bits per heavy atom. The summed E-state index contributed by atoms with van der Waals surface area (Å²) in [5.41, 5.74) is 1.22. The summed E-state index contributed by atoms with van der Waals surface area (Å²) in [5, 5.41) is 3.48. The number of piperazine rings is 1. The highest BCUT2D eigenvalue weighted by molar-refractivity contribution is 5.67. The summed E-state index contributed by atoms with van der Waals surface area (Å²) in [5.74, 6) is 0.477. The second-order valence-electron chi connectivity index (χ2n) is 7.22. The molecule has 2 aliphatic rings. The molecular formula is C20H31N3O3. The van der Waals surface area contributed by atoms with Crippen molar-refractivity contribution in [3.63, 3.8) is 0 Å². The average Bonchev–Trinajstić information content (AvgIpc) is 2.72. The van der Waals surface area contributed by atoms with Crippen LogP contribution >= 0.6 is 0 Å². The number of piperidine rings is 1. The minimum absolute atomic E-state index is 0.172. The van der Waals surface area contributed by atoms with Gasteiger partial charge in [0, 0.05) is 33.3 Å². The Morgan fingerprint density at radius 1 is 1.19 bits per heavy atom. The molecule has 2 fully saturated rings. The van der Waals surface area contributed by atoms with Gasteiger partial charge in [-0.2, -0.15) is 0 Å². The number of rotatable bonds is 6. The smallest absolute Gasteiger partial charge is 0.409 e. The van der Waals surface area contributed by atoms with Crippen molar-refractivity contribution in [2.24, 2.45) is 5.92 Å². The second kappa shape index (κ2) is 9.90. The topological polar surface area (TPSA) is 54.0 Å². The fraction of sp³-hybridized carbons (Fsp3) is 0.650. The summed E-state index contributed by atoms with van der Waals surface area (Å²) in [6, 6.07) is 10.5. The van der Waals surface area contributed by atoms with Crippen LogP contribution in [0.15, 0.2) is 30.3 Å². The van der Waals surface area contributed by atoms with Crippen LogP contribution in [0.5, 0.6) is 0 Å². The van der Waals surface area contributed by atoms with Gasteiger partial charge < -0.3 is 24.6 Å². The Balaban J connectivity index is 1.40. The maximum atomic E-state index is 12.5. The van der Waals surface area contributed by atoms with E-state index in [9.17, 15) is 4.79 Å². The number of nitrogens with one attached hydrogen (secondary N) is 1. The lowest BCUT2D eigenvalue weighted by atomic mass is 9.98. The Labute approximate surface area is 156 Å². The van der Waals surface area contributed by atoms with E-state index >= 15 is 0 Å². The van der Waals surface area contributed by atoms with Crippen LogP contribution in [-0.2, 0) is 9.47 Å². The van der Waals surface area contributed by atoms with E-state index in [2.05, 4.69) is 22.3 Å². The molecule has 6 nitrogen and oxygen atoms in total. The van der Waals surface area contributed by atoms with Crippen molar-refractivity contribution in [2.75, 3.05) is 59.6 Å². The lowest BCUT2D eigenvalue weighted by Gasteiger charge is -2.34. The summed E-state index contributed by atoms with van der Waals surface area (Å²) in [4.78, 5) is 16.7. The minimum atomic E-state index is -0.172. The molecule has 2 saturated heterocycles. The highest BCUT2D eigenvalue weighted by atomic mass is 16.6. The van der Waals surface area contributed by atoms with Crippen molar-refractivity contribution in [1.29, 1.82) is 0 Å². The molecule has 0 radical (unpaired) electrons. The third kappa shape index (κ3) is 5.43. The molecule has 1 aromatic carbocycles. The number of carbonyl (C=O) groups is 1. The van der Waals surface area contributed by atoms with Crippen LogP contribution in [0.1, 0.15) is 24.4 Å². The number of carbonyl (C=O) groups excluding carboxylic acids is 1. The monoisotopic (exact) mass is 361 g/mol. The van der Waals surface area contributed by atoms with Gasteiger partial charge in [0.25, 0.3) is 0 Å². The highest BCUT2D eigenvalue weighted by Crippen LogP contribution is 2.20. The number of amides is 1. The summed E-state index contributed by atoms with van der Waals surface area (Å²) < 4.78 is 10.8. The molecule has 3 rings (SSSR count). The molecule has 2 aliphatic heterocycles. The molecule has 0 aliphatic carbocycles. The number of methoxy groups -OCH3 is 1. The van der Waals surface area contributed by atoms with Crippen LogP contribution in [0, 0.1) is 5.92 Å². The van der Waals surface area contributed by atoms with E-state index in [1.54, 1.807) is 7.11 Å². The van der Waals surface area contributed by atoms with E-state index in [0.29, 0.717) is 25.6 Å². The van der Waals surface area contributed by atoms with Gasteiger partial charge in [-0.25, -0.2) is 4.79 Å². The zero-order chi connectivity index (χ0) is 18.2. The number of benzene rings is 1. The molecule has 1 atom stereocenters. The Morgan fingerprint density at radius 3 is 2.69 bits per heavy atom. The molecule has 1 N–H and O–H groups in total. The Kier molecular flexibility index (Phi) is 7.29. The summed E-state index contributed by atoms with van der Waals surface area (Å²) >= 11 is 0. The van der Waals surface area contributed by atoms with E-state index in [0.717, 1.165) is 45.6 Å². The third-order valence-electron chi connectivity index (χ3n) is 5.40. The van der Waals surface area contributed by atoms with Crippen LogP contribution in [0.3, 0.4) is 0 Å². The van der Waals surface area contributed by atoms with Gasteiger partial charge in [0.15, 0.2) is 0 Å². The van der Waals surface area contributed by atoms with Crippen molar-refractivity contribution in [1.82, 2.24) is 15.1 Å². The standard InChI is InChI=1S/C20H31N3O3/c1-25-14-13-22-10-7-17(8-11-22)16-26-20(24)23-12-9-21-19(15-23)18-5-3-2-4-6-18/h2-6,17,19,21H,7-16H2,1H3. The highest BCUT2D eigenvalue weighted by Gasteiger charge is 2.26. The predicted octanol–water partition coefficient (Wildman–Crippen LogP) is 2.13. The van der Waals surface area contributed by atoms with Crippen LogP contribution in [0.4, 0.5) is 4.79 Å².